The molecule has 1 unspecified atom stereocenters. The molecule has 4 aromatic rings. The molecule has 0 spiro atoms. The van der Waals surface area contributed by atoms with Crippen LogP contribution < -0.4 is 4.90 Å². The van der Waals surface area contributed by atoms with Gasteiger partial charge in [-0.3, -0.25) is 9.48 Å². The first-order valence-corrected chi connectivity index (χ1v) is 11.0. The topological polar surface area (TPSA) is 81.7 Å². The fraction of sp³-hybridized carbons (Fsp3) is 0.286. The molecule has 1 aromatic carbocycles. The van der Waals surface area contributed by atoms with Gasteiger partial charge in [0.25, 0.3) is 5.91 Å². The lowest BCUT2D eigenvalue weighted by Gasteiger charge is -2.26. The Morgan fingerprint density at radius 2 is 2.03 bits per heavy atom. The lowest BCUT2D eigenvalue weighted by atomic mass is 10.1. The van der Waals surface area contributed by atoms with Crippen molar-refractivity contribution in [3.63, 3.8) is 0 Å². The molecule has 0 radical (unpaired) electrons. The van der Waals surface area contributed by atoms with E-state index in [1.54, 1.807) is 24.1 Å². The lowest BCUT2D eigenvalue weighted by molar-refractivity contribution is -0.134. The van der Waals surface area contributed by atoms with Gasteiger partial charge in [-0.1, -0.05) is 11.3 Å². The molecular weight excluding hydrogens is 474 g/mol. The highest BCUT2D eigenvalue weighted by atomic mass is 32.1. The van der Waals surface area contributed by atoms with E-state index in [4.69, 9.17) is 0 Å². The number of thiazole rings is 1. The van der Waals surface area contributed by atoms with Gasteiger partial charge in [-0.05, 0) is 25.0 Å². The van der Waals surface area contributed by atoms with Crippen LogP contribution in [0.2, 0.25) is 0 Å². The van der Waals surface area contributed by atoms with Crippen molar-refractivity contribution < 1.29 is 22.4 Å². The maximum Gasteiger partial charge on any atom is 0.406 e. The number of nitrogens with zero attached hydrogens (tertiary/aromatic N) is 7. The molecule has 0 saturated heterocycles. The molecule has 1 aliphatic rings. The lowest BCUT2D eigenvalue weighted by Crippen LogP contribution is -2.42. The predicted octanol–water partition coefficient (Wildman–Crippen LogP) is 4.02. The highest BCUT2D eigenvalue weighted by Gasteiger charge is 2.40. The molecule has 0 bridgehead atoms. The zero-order valence-electron chi connectivity index (χ0n) is 17.7. The molecule has 5 rings (SSSR count). The third-order valence-corrected chi connectivity index (χ3v) is 6.55. The minimum atomic E-state index is -4.66. The summed E-state index contributed by atoms with van der Waals surface area (Å²) in [5.74, 6) is -1.47. The van der Waals surface area contributed by atoms with Crippen molar-refractivity contribution in [3.05, 3.63) is 54.4 Å². The van der Waals surface area contributed by atoms with Crippen LogP contribution in [-0.2, 0) is 18.3 Å². The number of hydrogen-bond donors (Lipinski definition) is 0. The highest BCUT2D eigenvalue weighted by molar-refractivity contribution is 7.18. The van der Waals surface area contributed by atoms with Gasteiger partial charge in [0.15, 0.2) is 0 Å². The summed E-state index contributed by atoms with van der Waals surface area (Å²) in [6.45, 7) is -1.52. The van der Waals surface area contributed by atoms with E-state index in [1.807, 2.05) is 6.20 Å². The molecule has 1 aliphatic heterocycles. The molecule has 0 fully saturated rings. The second-order valence-corrected chi connectivity index (χ2v) is 8.88. The summed E-state index contributed by atoms with van der Waals surface area (Å²) in [7, 11) is 1.79. The average Bonchev–Trinajstić information content (AvgIpc) is 3.51. The van der Waals surface area contributed by atoms with Crippen LogP contribution >= 0.6 is 11.3 Å². The summed E-state index contributed by atoms with van der Waals surface area (Å²) in [6.07, 6.45) is 2.10. The molecule has 0 aliphatic carbocycles. The van der Waals surface area contributed by atoms with Crippen molar-refractivity contribution in [2.75, 3.05) is 11.4 Å². The Kier molecular flexibility index (Phi) is 5.42. The van der Waals surface area contributed by atoms with Gasteiger partial charge in [0.05, 0.1) is 23.0 Å². The number of fused-ring (bicyclic) bond motifs is 1. The highest BCUT2D eigenvalue weighted by Crippen LogP contribution is 2.36. The predicted molar refractivity (Wildman–Crippen MR) is 115 cm³/mol. The molecule has 176 valence electrons. The summed E-state index contributed by atoms with van der Waals surface area (Å²) >= 11 is 1.34. The number of benzene rings is 1. The number of amides is 1. The first kappa shape index (κ1) is 22.2. The van der Waals surface area contributed by atoms with Gasteiger partial charge in [0, 0.05) is 30.6 Å². The Balaban J connectivity index is 1.46. The van der Waals surface area contributed by atoms with Crippen LogP contribution in [0, 0.1) is 5.82 Å². The van der Waals surface area contributed by atoms with Gasteiger partial charge in [-0.15, -0.1) is 16.4 Å². The Hall–Kier alpha value is -3.61. The van der Waals surface area contributed by atoms with E-state index in [2.05, 4.69) is 20.4 Å². The fourth-order valence-corrected chi connectivity index (χ4v) is 4.78. The van der Waals surface area contributed by atoms with Crippen LogP contribution in [0.25, 0.3) is 21.1 Å². The zero-order valence-corrected chi connectivity index (χ0v) is 18.5. The number of hydrogen-bond acceptors (Lipinski definition) is 6. The van der Waals surface area contributed by atoms with Crippen LogP contribution in [0.4, 0.5) is 23.2 Å². The van der Waals surface area contributed by atoms with Crippen molar-refractivity contribution in [1.82, 2.24) is 29.8 Å². The van der Waals surface area contributed by atoms with Crippen molar-refractivity contribution in [3.8, 4) is 21.1 Å². The van der Waals surface area contributed by atoms with E-state index in [9.17, 15) is 22.4 Å². The molecule has 34 heavy (non-hydrogen) atoms. The van der Waals surface area contributed by atoms with E-state index >= 15 is 0 Å². The van der Waals surface area contributed by atoms with Crippen LogP contribution in [0.5, 0.6) is 0 Å². The largest absolute Gasteiger partial charge is 0.406 e. The fourth-order valence-electron chi connectivity index (χ4n) is 3.94. The van der Waals surface area contributed by atoms with Crippen molar-refractivity contribution in [2.24, 2.45) is 7.05 Å². The smallest absolute Gasteiger partial charge is 0.301 e. The minimum Gasteiger partial charge on any atom is -0.301 e. The number of carbonyl (C=O) groups is 1. The average molecular weight is 491 g/mol. The molecule has 4 heterocycles. The van der Waals surface area contributed by atoms with Crippen LogP contribution in [0.1, 0.15) is 18.0 Å². The van der Waals surface area contributed by atoms with Gasteiger partial charge in [-0.25, -0.2) is 14.1 Å². The number of aromatic nitrogens is 6. The number of rotatable bonds is 4. The van der Waals surface area contributed by atoms with Gasteiger partial charge >= 0.3 is 6.18 Å². The van der Waals surface area contributed by atoms with E-state index in [0.29, 0.717) is 20.5 Å². The number of aryl methyl sites for hydroxylation is 1. The summed E-state index contributed by atoms with van der Waals surface area (Å²) < 4.78 is 57.2. The van der Waals surface area contributed by atoms with Gasteiger partial charge in [-0.2, -0.15) is 18.3 Å². The second-order valence-electron chi connectivity index (χ2n) is 7.85. The summed E-state index contributed by atoms with van der Waals surface area (Å²) in [4.78, 5) is 18.9. The molecule has 0 N–H and O–H groups in total. The number of carbonyl (C=O) groups excluding carboxylic acids is 1. The minimum absolute atomic E-state index is 0.0752. The molecule has 3 aromatic heterocycles. The second kappa shape index (κ2) is 8.31. The number of anilines is 1. The standard InChI is InChI=1S/C21H17F4N7OS/c1-30-9-12(7-27-30)19-26-8-18(34-19)15-10-32(29-28-15)17-6-5-13-14(22)3-2-4-16(13)31(20(17)33)11-21(23,24)25/h2-4,7-10,17H,5-6,11H2,1H3. The van der Waals surface area contributed by atoms with E-state index < -0.39 is 30.5 Å². The van der Waals surface area contributed by atoms with Gasteiger partial charge in [0.1, 0.15) is 29.1 Å². The molecule has 13 heteroatoms. The van der Waals surface area contributed by atoms with E-state index in [-0.39, 0.29) is 24.1 Å². The third kappa shape index (κ3) is 4.18. The number of halogens is 4. The number of alkyl halides is 3. The summed E-state index contributed by atoms with van der Waals surface area (Å²) in [5, 5.41) is 12.9. The maximum atomic E-state index is 14.4. The Morgan fingerprint density at radius 3 is 2.76 bits per heavy atom. The van der Waals surface area contributed by atoms with Gasteiger partial charge < -0.3 is 4.90 Å². The van der Waals surface area contributed by atoms with E-state index in [1.165, 1.54) is 40.4 Å². The maximum absolute atomic E-state index is 14.4. The van der Waals surface area contributed by atoms with Gasteiger partial charge in [0.2, 0.25) is 0 Å². The molecule has 1 atom stereocenters. The van der Waals surface area contributed by atoms with Crippen LogP contribution in [-0.4, -0.2) is 48.4 Å². The van der Waals surface area contributed by atoms with Crippen LogP contribution in [0.15, 0.2) is 43.0 Å². The van der Waals surface area contributed by atoms with Crippen LogP contribution in [0.3, 0.4) is 0 Å². The summed E-state index contributed by atoms with van der Waals surface area (Å²) in [6, 6.07) is 2.73. The SMILES string of the molecule is Cn1cc(-c2ncc(-c3cn(C4CCc5c(F)cccc5N(CC(F)(F)F)C4=O)nn3)s2)cn1. The Morgan fingerprint density at radius 1 is 1.21 bits per heavy atom. The normalized spacial score (nSPS) is 16.6. The summed E-state index contributed by atoms with van der Waals surface area (Å²) in [5.41, 5.74) is 1.25. The first-order chi connectivity index (χ1) is 16.2. The molecule has 0 saturated carbocycles. The monoisotopic (exact) mass is 491 g/mol. The quantitative estimate of drug-likeness (QED) is 0.403. The Bertz CT molecular complexity index is 1360. The molecular formula is C21H17F4N7OS. The first-order valence-electron chi connectivity index (χ1n) is 10.2. The van der Waals surface area contributed by atoms with Crippen molar-refractivity contribution in [1.29, 1.82) is 0 Å². The Labute approximate surface area is 194 Å². The zero-order chi connectivity index (χ0) is 24.0. The van der Waals surface area contributed by atoms with Crippen molar-refractivity contribution >= 4 is 22.9 Å². The molecule has 8 nitrogen and oxygen atoms in total. The van der Waals surface area contributed by atoms with Crippen molar-refractivity contribution in [2.45, 2.75) is 25.1 Å². The van der Waals surface area contributed by atoms with E-state index in [0.717, 1.165) is 5.56 Å². The third-order valence-electron chi connectivity index (χ3n) is 5.48. The molecule has 1 amide bonds.